The van der Waals surface area contributed by atoms with Gasteiger partial charge < -0.3 is 15.4 Å². The number of alkyl halides is 2. The van der Waals surface area contributed by atoms with Crippen molar-refractivity contribution in [3.8, 4) is 5.82 Å². The molecule has 1 fully saturated rings. The number of nitrogens with zero attached hydrogens (tertiary/aromatic N) is 5. The number of morpholine rings is 1. The molecule has 0 spiro atoms. The Bertz CT molecular complexity index is 1060. The SMILES string of the molecule is CC(F)(F)c1cccc(-n2nc(N3CCOCC3)c3cnc(CC(N)=O)cc32)n1. The number of carbonyl (C=O) groups is 1. The maximum absolute atomic E-state index is 13.8. The van der Waals surface area contributed by atoms with Crippen LogP contribution in [0, 0.1) is 0 Å². The molecule has 0 atom stereocenters. The number of ether oxygens (including phenoxy) is 1. The Kier molecular flexibility index (Phi) is 4.87. The third-order valence-corrected chi connectivity index (χ3v) is 4.67. The van der Waals surface area contributed by atoms with Crippen molar-refractivity contribution in [2.24, 2.45) is 5.73 Å². The lowest BCUT2D eigenvalue weighted by Gasteiger charge is -2.26. The Morgan fingerprint density at radius 3 is 2.76 bits per heavy atom. The zero-order chi connectivity index (χ0) is 20.6. The quantitative estimate of drug-likeness (QED) is 0.699. The van der Waals surface area contributed by atoms with E-state index in [2.05, 4.69) is 20.0 Å². The number of anilines is 1. The topological polar surface area (TPSA) is 99.2 Å². The maximum Gasteiger partial charge on any atom is 0.287 e. The van der Waals surface area contributed by atoms with Crippen molar-refractivity contribution < 1.29 is 18.3 Å². The van der Waals surface area contributed by atoms with Gasteiger partial charge in [-0.25, -0.2) is 9.67 Å². The first-order valence-corrected chi connectivity index (χ1v) is 9.17. The van der Waals surface area contributed by atoms with Crippen molar-refractivity contribution >= 4 is 22.6 Å². The summed E-state index contributed by atoms with van der Waals surface area (Å²) in [6.45, 7) is 3.23. The number of rotatable bonds is 5. The summed E-state index contributed by atoms with van der Waals surface area (Å²) in [5.74, 6) is -2.67. The lowest BCUT2D eigenvalue weighted by molar-refractivity contribution is -0.117. The van der Waals surface area contributed by atoms with Crippen LogP contribution in [0.25, 0.3) is 16.7 Å². The molecule has 0 bridgehead atoms. The van der Waals surface area contributed by atoms with Gasteiger partial charge >= 0.3 is 0 Å². The van der Waals surface area contributed by atoms with E-state index in [-0.39, 0.29) is 17.9 Å². The van der Waals surface area contributed by atoms with E-state index < -0.39 is 11.8 Å². The van der Waals surface area contributed by atoms with Gasteiger partial charge in [0.15, 0.2) is 11.6 Å². The molecule has 1 amide bonds. The summed E-state index contributed by atoms with van der Waals surface area (Å²) in [5.41, 5.74) is 6.02. The van der Waals surface area contributed by atoms with Gasteiger partial charge in [0.25, 0.3) is 5.92 Å². The van der Waals surface area contributed by atoms with E-state index in [1.165, 1.54) is 16.8 Å². The van der Waals surface area contributed by atoms with Crippen LogP contribution in [0.5, 0.6) is 0 Å². The van der Waals surface area contributed by atoms with Gasteiger partial charge in [-0.1, -0.05) is 6.07 Å². The summed E-state index contributed by atoms with van der Waals surface area (Å²) in [5, 5.41) is 5.38. The van der Waals surface area contributed by atoms with Gasteiger partial charge in [-0.05, 0) is 18.2 Å². The number of halogens is 2. The second kappa shape index (κ2) is 7.36. The Balaban J connectivity index is 1.88. The van der Waals surface area contributed by atoms with Crippen LogP contribution in [-0.4, -0.2) is 52.0 Å². The van der Waals surface area contributed by atoms with Gasteiger partial charge in [0.1, 0.15) is 5.69 Å². The van der Waals surface area contributed by atoms with Gasteiger partial charge in [-0.3, -0.25) is 9.78 Å². The lowest BCUT2D eigenvalue weighted by Crippen LogP contribution is -2.36. The monoisotopic (exact) mass is 402 g/mol. The molecular weight excluding hydrogens is 382 g/mol. The minimum Gasteiger partial charge on any atom is -0.378 e. The first-order chi connectivity index (χ1) is 13.8. The molecule has 8 nitrogen and oxygen atoms in total. The normalized spacial score (nSPS) is 15.1. The number of fused-ring (bicyclic) bond motifs is 1. The fraction of sp³-hybridized carbons (Fsp3) is 0.368. The van der Waals surface area contributed by atoms with Gasteiger partial charge in [0, 0.05) is 26.2 Å². The zero-order valence-corrected chi connectivity index (χ0v) is 15.8. The smallest absolute Gasteiger partial charge is 0.287 e. The van der Waals surface area contributed by atoms with E-state index in [1.54, 1.807) is 18.3 Å². The average molecular weight is 402 g/mol. The van der Waals surface area contributed by atoms with Crippen LogP contribution in [-0.2, 0) is 21.9 Å². The third-order valence-electron chi connectivity index (χ3n) is 4.67. The highest BCUT2D eigenvalue weighted by Gasteiger charge is 2.27. The summed E-state index contributed by atoms with van der Waals surface area (Å²) in [4.78, 5) is 21.8. The molecule has 1 aliphatic rings. The average Bonchev–Trinajstić information content (AvgIpc) is 3.06. The van der Waals surface area contributed by atoms with E-state index in [1.807, 2.05) is 0 Å². The summed E-state index contributed by atoms with van der Waals surface area (Å²) in [7, 11) is 0. The van der Waals surface area contributed by atoms with Crippen molar-refractivity contribution in [3.63, 3.8) is 0 Å². The molecule has 0 aromatic carbocycles. The molecule has 0 unspecified atom stereocenters. The Labute approximate surface area is 165 Å². The summed E-state index contributed by atoms with van der Waals surface area (Å²) >= 11 is 0. The molecule has 3 aromatic rings. The van der Waals surface area contributed by atoms with Crippen LogP contribution in [0.2, 0.25) is 0 Å². The van der Waals surface area contributed by atoms with Crippen LogP contribution in [0.4, 0.5) is 14.6 Å². The Hall–Kier alpha value is -3.14. The first kappa shape index (κ1) is 19.2. The molecule has 3 aromatic heterocycles. The maximum atomic E-state index is 13.8. The highest BCUT2D eigenvalue weighted by molar-refractivity contribution is 5.92. The number of amides is 1. The zero-order valence-electron chi connectivity index (χ0n) is 15.8. The molecule has 2 N–H and O–H groups in total. The lowest BCUT2D eigenvalue weighted by atomic mass is 10.2. The summed E-state index contributed by atoms with van der Waals surface area (Å²) in [6, 6.07) is 6.09. The fourth-order valence-corrected chi connectivity index (χ4v) is 3.28. The van der Waals surface area contributed by atoms with Gasteiger partial charge in [-0.2, -0.15) is 8.78 Å². The standard InChI is InChI=1S/C19H20F2N6O2/c1-19(20,21)15-3-2-4-17(24-15)27-14-9-12(10-16(22)28)23-11-13(14)18(25-27)26-5-7-29-8-6-26/h2-4,9,11H,5-8,10H2,1H3,(H2,22,28). The molecule has 0 aliphatic carbocycles. The minimum atomic E-state index is -3.08. The van der Waals surface area contributed by atoms with Gasteiger partial charge in [0.2, 0.25) is 5.91 Å². The van der Waals surface area contributed by atoms with E-state index in [0.717, 1.165) is 12.3 Å². The number of aromatic nitrogens is 4. The number of hydrogen-bond donors (Lipinski definition) is 1. The van der Waals surface area contributed by atoms with Crippen LogP contribution in [0.15, 0.2) is 30.5 Å². The number of primary amides is 1. The molecular formula is C19H20F2N6O2. The van der Waals surface area contributed by atoms with Crippen molar-refractivity contribution in [1.82, 2.24) is 19.7 Å². The molecule has 29 heavy (non-hydrogen) atoms. The van der Waals surface area contributed by atoms with Crippen LogP contribution >= 0.6 is 0 Å². The summed E-state index contributed by atoms with van der Waals surface area (Å²) < 4.78 is 34.5. The number of pyridine rings is 2. The van der Waals surface area contributed by atoms with E-state index in [4.69, 9.17) is 10.5 Å². The third kappa shape index (κ3) is 3.88. The van der Waals surface area contributed by atoms with Crippen molar-refractivity contribution in [3.05, 3.63) is 41.9 Å². The van der Waals surface area contributed by atoms with E-state index in [9.17, 15) is 13.6 Å². The summed E-state index contributed by atoms with van der Waals surface area (Å²) in [6.07, 6.45) is 1.59. The molecule has 4 rings (SSSR count). The molecule has 4 heterocycles. The molecule has 10 heteroatoms. The number of nitrogens with two attached hydrogens (primary N) is 1. The van der Waals surface area contributed by atoms with Crippen molar-refractivity contribution in [2.75, 3.05) is 31.2 Å². The predicted octanol–water partition coefficient (Wildman–Crippen LogP) is 1.79. The molecule has 1 saturated heterocycles. The van der Waals surface area contributed by atoms with E-state index in [0.29, 0.717) is 43.3 Å². The van der Waals surface area contributed by atoms with Crippen LogP contribution < -0.4 is 10.6 Å². The number of hydrogen-bond acceptors (Lipinski definition) is 6. The highest BCUT2D eigenvalue weighted by atomic mass is 19.3. The van der Waals surface area contributed by atoms with Crippen LogP contribution in [0.1, 0.15) is 18.3 Å². The Morgan fingerprint density at radius 1 is 1.31 bits per heavy atom. The van der Waals surface area contributed by atoms with Crippen molar-refractivity contribution in [2.45, 2.75) is 19.3 Å². The predicted molar refractivity (Wildman–Crippen MR) is 102 cm³/mol. The second-order valence-corrected chi connectivity index (χ2v) is 6.94. The van der Waals surface area contributed by atoms with E-state index >= 15 is 0 Å². The largest absolute Gasteiger partial charge is 0.378 e. The molecule has 152 valence electrons. The first-order valence-electron chi connectivity index (χ1n) is 9.17. The highest BCUT2D eigenvalue weighted by Crippen LogP contribution is 2.30. The fourth-order valence-electron chi connectivity index (χ4n) is 3.28. The minimum absolute atomic E-state index is 0.0332. The Morgan fingerprint density at radius 2 is 2.07 bits per heavy atom. The molecule has 1 aliphatic heterocycles. The van der Waals surface area contributed by atoms with Crippen LogP contribution in [0.3, 0.4) is 0 Å². The van der Waals surface area contributed by atoms with Crippen molar-refractivity contribution in [1.29, 1.82) is 0 Å². The van der Waals surface area contributed by atoms with Gasteiger partial charge in [-0.15, -0.1) is 5.10 Å². The second-order valence-electron chi connectivity index (χ2n) is 6.94. The van der Waals surface area contributed by atoms with Gasteiger partial charge in [0.05, 0.1) is 36.2 Å². The molecule has 0 radical (unpaired) electrons. The number of carbonyl (C=O) groups excluding carboxylic acids is 1. The molecule has 0 saturated carbocycles.